The average molecular weight is 802 g/mol. The minimum Gasteiger partial charge on any atom is -0.478 e. The summed E-state index contributed by atoms with van der Waals surface area (Å²) in [7, 11) is -1.25. The van der Waals surface area contributed by atoms with Gasteiger partial charge in [0.05, 0.1) is 28.0 Å². The van der Waals surface area contributed by atoms with Crippen LogP contribution in [0.4, 0.5) is 0 Å². The van der Waals surface area contributed by atoms with Gasteiger partial charge in [-0.3, -0.25) is 4.79 Å². The SMILES string of the molecule is CCCCCCCC(CCCCCCC)NC(=O)c1ccc2c3cc(B4OC(C)(C)C(C)(C)O4)cc4cc(B5OC(C)(C)C(C)(C)O5)cc(c5ccc(C(=O)O)c1c52)c43. The lowest BCUT2D eigenvalue weighted by Gasteiger charge is -2.32. The summed E-state index contributed by atoms with van der Waals surface area (Å²) < 4.78 is 26.4. The Balaban J connectivity index is 1.40. The summed E-state index contributed by atoms with van der Waals surface area (Å²) in [6.45, 7) is 20.8. The summed E-state index contributed by atoms with van der Waals surface area (Å²) in [6, 6.07) is 15.9. The van der Waals surface area contributed by atoms with Gasteiger partial charge in [0.25, 0.3) is 5.91 Å². The zero-order chi connectivity index (χ0) is 42.5. The molecule has 10 heteroatoms. The Kier molecular flexibility index (Phi) is 12.2. The highest BCUT2D eigenvalue weighted by Crippen LogP contribution is 2.44. The highest BCUT2D eigenvalue weighted by atomic mass is 16.7. The molecular formula is C49H65B2NO7. The van der Waals surface area contributed by atoms with Gasteiger partial charge >= 0.3 is 20.2 Å². The number of hydrogen-bond acceptors (Lipinski definition) is 6. The molecule has 5 aromatic rings. The fourth-order valence-electron chi connectivity index (χ4n) is 9.07. The van der Waals surface area contributed by atoms with Crippen molar-refractivity contribution in [1.82, 2.24) is 5.32 Å². The number of unbranched alkanes of at least 4 members (excludes halogenated alkanes) is 8. The number of carbonyl (C=O) groups is 2. The third kappa shape index (κ3) is 8.24. The van der Waals surface area contributed by atoms with Crippen LogP contribution in [0.3, 0.4) is 0 Å². The molecule has 2 aliphatic rings. The molecule has 0 unspecified atom stereocenters. The molecule has 1 amide bonds. The molecule has 0 saturated carbocycles. The van der Waals surface area contributed by atoms with Crippen LogP contribution in [0.25, 0.3) is 43.1 Å². The van der Waals surface area contributed by atoms with Crippen molar-refractivity contribution in [2.24, 2.45) is 0 Å². The van der Waals surface area contributed by atoms with Crippen LogP contribution in [0.15, 0.2) is 48.5 Å². The quantitative estimate of drug-likeness (QED) is 0.0418. The van der Waals surface area contributed by atoms with E-state index >= 15 is 0 Å². The van der Waals surface area contributed by atoms with Crippen LogP contribution in [-0.2, 0) is 18.6 Å². The van der Waals surface area contributed by atoms with E-state index in [9.17, 15) is 14.7 Å². The number of benzene rings is 5. The Labute approximate surface area is 352 Å². The molecule has 2 saturated heterocycles. The second kappa shape index (κ2) is 16.6. The number of aromatic carboxylic acids is 1. The molecule has 59 heavy (non-hydrogen) atoms. The van der Waals surface area contributed by atoms with Crippen molar-refractivity contribution in [2.75, 3.05) is 0 Å². The molecule has 0 radical (unpaired) electrons. The standard InChI is InChI=1S/C49H65B2NO7/c1-11-13-15-17-19-21-34(22-20-18-16-14-12-2)52-44(53)37-25-23-35-39-29-32(50-56-46(3,4)47(5,6)57-50)27-31-28-33(51-58-48(7,8)49(9,10)59-51)30-40(41(31)39)36-24-26-38(45(54)55)43(37)42(35)36/h23-30,34H,11-22H2,1-10H3,(H,52,53)(H,54,55). The molecule has 0 aromatic heterocycles. The number of rotatable bonds is 17. The van der Waals surface area contributed by atoms with E-state index in [0.717, 1.165) is 87.2 Å². The summed E-state index contributed by atoms with van der Waals surface area (Å²) in [5.41, 5.74) is 0.0144. The molecular weight excluding hydrogens is 736 g/mol. The first-order chi connectivity index (χ1) is 27.9. The molecule has 7 rings (SSSR count). The number of fused-ring (bicyclic) bond motifs is 2. The van der Waals surface area contributed by atoms with Crippen LogP contribution in [0.1, 0.15) is 167 Å². The first-order valence-corrected chi connectivity index (χ1v) is 22.4. The minimum absolute atomic E-state index is 0.0178. The van der Waals surface area contributed by atoms with Gasteiger partial charge in [-0.15, -0.1) is 0 Å². The van der Waals surface area contributed by atoms with Crippen LogP contribution >= 0.6 is 0 Å². The van der Waals surface area contributed by atoms with E-state index in [-0.39, 0.29) is 17.5 Å². The van der Waals surface area contributed by atoms with Gasteiger partial charge in [-0.2, -0.15) is 0 Å². The maximum Gasteiger partial charge on any atom is 0.494 e. The van der Waals surface area contributed by atoms with E-state index in [1.807, 2.05) is 73.6 Å². The van der Waals surface area contributed by atoms with E-state index in [2.05, 4.69) is 43.4 Å². The average Bonchev–Trinajstić information content (AvgIpc) is 3.54. The Morgan fingerprint density at radius 1 is 0.559 bits per heavy atom. The third-order valence-corrected chi connectivity index (χ3v) is 14.0. The first kappa shape index (κ1) is 43.4. The topological polar surface area (TPSA) is 103 Å². The number of carbonyl (C=O) groups excluding carboxylic acids is 1. The van der Waals surface area contributed by atoms with Gasteiger partial charge in [-0.05, 0) is 129 Å². The summed E-state index contributed by atoms with van der Waals surface area (Å²) in [4.78, 5) is 27.7. The molecule has 2 N–H and O–H groups in total. The van der Waals surface area contributed by atoms with Crippen LogP contribution < -0.4 is 16.2 Å². The van der Waals surface area contributed by atoms with Crippen molar-refractivity contribution in [3.63, 3.8) is 0 Å². The Hall–Kier alpha value is -3.69. The van der Waals surface area contributed by atoms with Gasteiger partial charge in [-0.1, -0.05) is 114 Å². The van der Waals surface area contributed by atoms with E-state index < -0.39 is 42.6 Å². The van der Waals surface area contributed by atoms with Crippen LogP contribution in [0.2, 0.25) is 0 Å². The van der Waals surface area contributed by atoms with E-state index in [1.54, 1.807) is 6.07 Å². The van der Waals surface area contributed by atoms with Crippen molar-refractivity contribution in [1.29, 1.82) is 0 Å². The lowest BCUT2D eigenvalue weighted by atomic mass is 9.73. The van der Waals surface area contributed by atoms with E-state index in [1.165, 1.54) is 38.5 Å². The van der Waals surface area contributed by atoms with Gasteiger partial charge in [0.1, 0.15) is 0 Å². The van der Waals surface area contributed by atoms with Gasteiger partial charge < -0.3 is 29.0 Å². The Morgan fingerprint density at radius 2 is 0.983 bits per heavy atom. The molecule has 0 spiro atoms. The maximum absolute atomic E-state index is 14.6. The monoisotopic (exact) mass is 801 g/mol. The van der Waals surface area contributed by atoms with Crippen molar-refractivity contribution in [3.8, 4) is 0 Å². The molecule has 0 bridgehead atoms. The fourth-order valence-corrected chi connectivity index (χ4v) is 9.07. The molecule has 5 aromatic carbocycles. The zero-order valence-electron chi connectivity index (χ0n) is 37.2. The van der Waals surface area contributed by atoms with Crippen LogP contribution in [-0.4, -0.2) is 59.7 Å². The zero-order valence-corrected chi connectivity index (χ0v) is 37.2. The van der Waals surface area contributed by atoms with Gasteiger partial charge in [0.15, 0.2) is 0 Å². The van der Waals surface area contributed by atoms with Gasteiger partial charge in [-0.25, -0.2) is 4.79 Å². The molecule has 0 aliphatic carbocycles. The normalized spacial score (nSPS) is 18.4. The van der Waals surface area contributed by atoms with Gasteiger partial charge in [0, 0.05) is 17.0 Å². The first-order valence-electron chi connectivity index (χ1n) is 22.4. The number of carboxylic acid groups (broad SMARTS) is 1. The van der Waals surface area contributed by atoms with Crippen molar-refractivity contribution >= 4 is 80.1 Å². The smallest absolute Gasteiger partial charge is 0.478 e. The largest absolute Gasteiger partial charge is 0.494 e. The number of hydrogen-bond donors (Lipinski definition) is 2. The Bertz CT molecular complexity index is 2210. The fraction of sp³-hybridized carbons (Fsp3) is 0.551. The number of amides is 1. The summed E-state index contributed by atoms with van der Waals surface area (Å²) in [5, 5.41) is 21.0. The van der Waals surface area contributed by atoms with E-state index in [4.69, 9.17) is 18.6 Å². The predicted molar refractivity (Wildman–Crippen MR) is 244 cm³/mol. The summed E-state index contributed by atoms with van der Waals surface area (Å²) >= 11 is 0. The van der Waals surface area contributed by atoms with Crippen LogP contribution in [0, 0.1) is 0 Å². The molecule has 2 aliphatic heterocycles. The molecule has 8 nitrogen and oxygen atoms in total. The highest BCUT2D eigenvalue weighted by molar-refractivity contribution is 6.64. The van der Waals surface area contributed by atoms with E-state index in [0.29, 0.717) is 10.9 Å². The predicted octanol–water partition coefficient (Wildman–Crippen LogP) is 10.9. The number of nitrogens with one attached hydrogen (secondary N) is 1. The maximum atomic E-state index is 14.6. The molecule has 2 fully saturated rings. The summed E-state index contributed by atoms with van der Waals surface area (Å²) in [5.74, 6) is -1.30. The second-order valence-corrected chi connectivity index (χ2v) is 19.4. The Morgan fingerprint density at radius 3 is 1.41 bits per heavy atom. The lowest BCUT2D eigenvalue weighted by Crippen LogP contribution is -2.41. The van der Waals surface area contributed by atoms with Crippen LogP contribution in [0.5, 0.6) is 0 Å². The lowest BCUT2D eigenvalue weighted by molar-refractivity contribution is 0.00578. The number of carboxylic acids is 1. The minimum atomic E-state index is -1.07. The summed E-state index contributed by atoms with van der Waals surface area (Å²) in [6.07, 6.45) is 13.4. The van der Waals surface area contributed by atoms with Crippen molar-refractivity contribution in [2.45, 2.75) is 175 Å². The molecule has 2 heterocycles. The third-order valence-electron chi connectivity index (χ3n) is 14.0. The van der Waals surface area contributed by atoms with Crippen molar-refractivity contribution in [3.05, 3.63) is 59.7 Å². The molecule has 314 valence electrons. The highest BCUT2D eigenvalue weighted by Gasteiger charge is 2.53. The molecule has 0 atom stereocenters. The van der Waals surface area contributed by atoms with Crippen molar-refractivity contribution < 1.29 is 33.3 Å². The van der Waals surface area contributed by atoms with Gasteiger partial charge in [0.2, 0.25) is 0 Å². The second-order valence-electron chi connectivity index (χ2n) is 19.4.